The Morgan fingerprint density at radius 1 is 1.53 bits per heavy atom. The number of aryl methyl sites for hydroxylation is 2. The maximum absolute atomic E-state index is 12.0. The predicted molar refractivity (Wildman–Crippen MR) is 69.6 cm³/mol. The SMILES string of the molecule is CC(CCO)NC(=O)c1cc2c(s1)CCCC2. The molecule has 0 fully saturated rings. The number of carbonyl (C=O) groups is 1. The van der Waals surface area contributed by atoms with Crippen molar-refractivity contribution in [1.82, 2.24) is 5.32 Å². The first kappa shape index (κ1) is 12.6. The van der Waals surface area contributed by atoms with Gasteiger partial charge in [-0.3, -0.25) is 4.79 Å². The fourth-order valence-electron chi connectivity index (χ4n) is 2.16. The maximum Gasteiger partial charge on any atom is 0.261 e. The molecule has 0 aliphatic heterocycles. The zero-order valence-corrected chi connectivity index (χ0v) is 11.0. The number of aliphatic hydroxyl groups excluding tert-OH is 1. The van der Waals surface area contributed by atoms with Gasteiger partial charge in [-0.2, -0.15) is 0 Å². The third-order valence-electron chi connectivity index (χ3n) is 3.16. The molecule has 1 aliphatic rings. The molecule has 1 aromatic heterocycles. The average Bonchev–Trinajstić information content (AvgIpc) is 2.72. The van der Waals surface area contributed by atoms with E-state index >= 15 is 0 Å². The fraction of sp³-hybridized carbons (Fsp3) is 0.615. The quantitative estimate of drug-likeness (QED) is 0.863. The van der Waals surface area contributed by atoms with Crippen molar-refractivity contribution in [3.05, 3.63) is 21.4 Å². The molecule has 1 atom stereocenters. The summed E-state index contributed by atoms with van der Waals surface area (Å²) in [6, 6.07) is 2.08. The summed E-state index contributed by atoms with van der Waals surface area (Å²) in [6.07, 6.45) is 5.34. The first-order chi connectivity index (χ1) is 8.20. The van der Waals surface area contributed by atoms with E-state index < -0.39 is 0 Å². The average molecular weight is 253 g/mol. The molecule has 0 saturated carbocycles. The van der Waals surface area contributed by atoms with Crippen LogP contribution >= 0.6 is 11.3 Å². The van der Waals surface area contributed by atoms with Gasteiger partial charge >= 0.3 is 0 Å². The highest BCUT2D eigenvalue weighted by Crippen LogP contribution is 2.29. The molecule has 1 heterocycles. The Balaban J connectivity index is 2.01. The zero-order chi connectivity index (χ0) is 12.3. The number of carbonyl (C=O) groups excluding carboxylic acids is 1. The summed E-state index contributed by atoms with van der Waals surface area (Å²) in [6.45, 7) is 2.03. The first-order valence-electron chi connectivity index (χ1n) is 6.24. The lowest BCUT2D eigenvalue weighted by Gasteiger charge is -2.10. The van der Waals surface area contributed by atoms with Crippen LogP contribution in [0.1, 0.15) is 46.3 Å². The van der Waals surface area contributed by atoms with Crippen LogP contribution in [0.25, 0.3) is 0 Å². The van der Waals surface area contributed by atoms with E-state index in [2.05, 4.69) is 5.32 Å². The lowest BCUT2D eigenvalue weighted by molar-refractivity contribution is 0.0938. The second-order valence-electron chi connectivity index (χ2n) is 4.65. The number of rotatable bonds is 4. The van der Waals surface area contributed by atoms with Crippen molar-refractivity contribution in [2.75, 3.05) is 6.61 Å². The molecule has 1 unspecified atom stereocenters. The molecule has 0 bridgehead atoms. The molecule has 0 spiro atoms. The largest absolute Gasteiger partial charge is 0.396 e. The van der Waals surface area contributed by atoms with Gasteiger partial charge in [0.1, 0.15) is 0 Å². The highest BCUT2D eigenvalue weighted by molar-refractivity contribution is 7.14. The van der Waals surface area contributed by atoms with Crippen LogP contribution in [0.4, 0.5) is 0 Å². The van der Waals surface area contributed by atoms with E-state index in [4.69, 9.17) is 5.11 Å². The van der Waals surface area contributed by atoms with Crippen molar-refractivity contribution < 1.29 is 9.90 Å². The second kappa shape index (κ2) is 5.65. The van der Waals surface area contributed by atoms with Gasteiger partial charge in [-0.1, -0.05) is 0 Å². The number of hydrogen-bond donors (Lipinski definition) is 2. The molecule has 2 N–H and O–H groups in total. The van der Waals surface area contributed by atoms with Crippen LogP contribution in [-0.2, 0) is 12.8 Å². The van der Waals surface area contributed by atoms with Gasteiger partial charge in [-0.25, -0.2) is 0 Å². The molecule has 17 heavy (non-hydrogen) atoms. The van der Waals surface area contributed by atoms with Crippen molar-refractivity contribution >= 4 is 17.2 Å². The van der Waals surface area contributed by atoms with E-state index in [1.165, 1.54) is 23.3 Å². The van der Waals surface area contributed by atoms with E-state index in [1.54, 1.807) is 11.3 Å². The standard InChI is InChI=1S/C13H19NO2S/c1-9(6-7-15)14-13(16)12-8-10-4-2-3-5-11(10)17-12/h8-9,15H,2-7H2,1H3,(H,14,16). The van der Waals surface area contributed by atoms with Crippen molar-refractivity contribution in [2.24, 2.45) is 0 Å². The second-order valence-corrected chi connectivity index (χ2v) is 5.79. The normalized spacial score (nSPS) is 16.4. The molecule has 1 aliphatic carbocycles. The molecule has 1 amide bonds. The molecule has 0 aromatic carbocycles. The van der Waals surface area contributed by atoms with E-state index in [0.29, 0.717) is 6.42 Å². The fourth-order valence-corrected chi connectivity index (χ4v) is 3.32. The van der Waals surface area contributed by atoms with E-state index in [9.17, 15) is 4.79 Å². The van der Waals surface area contributed by atoms with Crippen molar-refractivity contribution in [1.29, 1.82) is 0 Å². The molecular weight excluding hydrogens is 234 g/mol. The Morgan fingerprint density at radius 2 is 2.29 bits per heavy atom. The van der Waals surface area contributed by atoms with Crippen LogP contribution in [0.3, 0.4) is 0 Å². The highest BCUT2D eigenvalue weighted by atomic mass is 32.1. The molecule has 0 radical (unpaired) electrons. The summed E-state index contributed by atoms with van der Waals surface area (Å²) in [5.74, 6) is 0.00495. The molecular formula is C13H19NO2S. The van der Waals surface area contributed by atoms with Crippen LogP contribution in [0.5, 0.6) is 0 Å². The third-order valence-corrected chi connectivity index (χ3v) is 4.40. The molecule has 1 aromatic rings. The third kappa shape index (κ3) is 3.07. The number of hydrogen-bond acceptors (Lipinski definition) is 3. The minimum atomic E-state index is 0.00495. The van der Waals surface area contributed by atoms with Gasteiger partial charge in [0, 0.05) is 17.5 Å². The monoisotopic (exact) mass is 253 g/mol. The van der Waals surface area contributed by atoms with Gasteiger partial charge in [-0.15, -0.1) is 11.3 Å². The Hall–Kier alpha value is -0.870. The molecule has 0 saturated heterocycles. The summed E-state index contributed by atoms with van der Waals surface area (Å²) < 4.78 is 0. The van der Waals surface area contributed by atoms with Crippen molar-refractivity contribution in [2.45, 2.75) is 45.1 Å². The van der Waals surface area contributed by atoms with Crippen LogP contribution in [0.2, 0.25) is 0 Å². The van der Waals surface area contributed by atoms with Gasteiger partial charge in [-0.05, 0) is 50.7 Å². The van der Waals surface area contributed by atoms with Gasteiger partial charge in [0.2, 0.25) is 0 Å². The molecule has 4 heteroatoms. The lowest BCUT2D eigenvalue weighted by Crippen LogP contribution is -2.32. The van der Waals surface area contributed by atoms with Crippen molar-refractivity contribution in [3.63, 3.8) is 0 Å². The summed E-state index contributed by atoms with van der Waals surface area (Å²) in [4.78, 5) is 14.2. The topological polar surface area (TPSA) is 49.3 Å². The number of fused-ring (bicyclic) bond motifs is 1. The highest BCUT2D eigenvalue weighted by Gasteiger charge is 2.17. The van der Waals surface area contributed by atoms with Gasteiger partial charge in [0.25, 0.3) is 5.91 Å². The van der Waals surface area contributed by atoms with E-state index in [1.807, 2.05) is 13.0 Å². The number of nitrogens with one attached hydrogen (secondary N) is 1. The van der Waals surface area contributed by atoms with Crippen LogP contribution in [0, 0.1) is 0 Å². The zero-order valence-electron chi connectivity index (χ0n) is 10.2. The first-order valence-corrected chi connectivity index (χ1v) is 7.05. The Bertz CT molecular complexity index is 377. The lowest BCUT2D eigenvalue weighted by atomic mass is 9.99. The van der Waals surface area contributed by atoms with Crippen LogP contribution in [0.15, 0.2) is 6.07 Å². The molecule has 3 nitrogen and oxygen atoms in total. The summed E-state index contributed by atoms with van der Waals surface area (Å²) >= 11 is 1.63. The summed E-state index contributed by atoms with van der Waals surface area (Å²) in [7, 11) is 0. The van der Waals surface area contributed by atoms with E-state index in [-0.39, 0.29) is 18.6 Å². The summed E-state index contributed by atoms with van der Waals surface area (Å²) in [5, 5.41) is 11.7. The Labute approximate surface area is 106 Å². The minimum absolute atomic E-state index is 0.00495. The summed E-state index contributed by atoms with van der Waals surface area (Å²) in [5.41, 5.74) is 1.36. The number of amides is 1. The van der Waals surface area contributed by atoms with E-state index in [0.717, 1.165) is 17.7 Å². The van der Waals surface area contributed by atoms with Crippen LogP contribution in [-0.4, -0.2) is 23.7 Å². The van der Waals surface area contributed by atoms with Gasteiger partial charge < -0.3 is 10.4 Å². The Kier molecular flexibility index (Phi) is 4.18. The number of thiophene rings is 1. The number of aliphatic hydroxyl groups is 1. The van der Waals surface area contributed by atoms with Crippen molar-refractivity contribution in [3.8, 4) is 0 Å². The molecule has 2 rings (SSSR count). The van der Waals surface area contributed by atoms with Gasteiger partial charge in [0.05, 0.1) is 4.88 Å². The predicted octanol–water partition coefficient (Wildman–Crippen LogP) is 2.13. The van der Waals surface area contributed by atoms with Gasteiger partial charge in [0.15, 0.2) is 0 Å². The smallest absolute Gasteiger partial charge is 0.261 e. The molecule has 94 valence electrons. The minimum Gasteiger partial charge on any atom is -0.396 e. The maximum atomic E-state index is 12.0. The Morgan fingerprint density at radius 3 is 3.00 bits per heavy atom. The van der Waals surface area contributed by atoms with Crippen LogP contribution < -0.4 is 5.32 Å².